The van der Waals surface area contributed by atoms with Crippen LogP contribution in [0.3, 0.4) is 0 Å². The predicted octanol–water partition coefficient (Wildman–Crippen LogP) is 3.02. The van der Waals surface area contributed by atoms with E-state index >= 15 is 0 Å². The third-order valence-corrected chi connectivity index (χ3v) is 5.59. The van der Waals surface area contributed by atoms with Crippen molar-refractivity contribution in [3.63, 3.8) is 0 Å². The number of anilines is 1. The second-order valence-corrected chi connectivity index (χ2v) is 7.87. The molecule has 26 heavy (non-hydrogen) atoms. The number of hydrogen-bond donors (Lipinski definition) is 0. The molecule has 3 aromatic rings. The molecule has 0 saturated carbocycles. The van der Waals surface area contributed by atoms with Crippen LogP contribution in [0.25, 0.3) is 11.3 Å². The average Bonchev–Trinajstić information content (AvgIpc) is 3.19. The largest absolute Gasteiger partial charge is 0.311 e. The SMILES string of the molecule is CCS(=O)(=O)n1ccc(-c2ccc(C(=O)N(C)c3ccccc3)cc2)n1. The number of hydrogen-bond acceptors (Lipinski definition) is 4. The standard InChI is InChI=1S/C19H19N3O3S/c1-3-26(24,25)22-14-13-18(20-22)15-9-11-16(12-10-15)19(23)21(2)17-7-5-4-6-8-17/h4-14H,3H2,1-2H3. The first-order chi connectivity index (χ1) is 12.4. The van der Waals surface area contributed by atoms with Crippen molar-refractivity contribution in [2.24, 2.45) is 0 Å². The molecule has 0 aliphatic carbocycles. The van der Waals surface area contributed by atoms with E-state index in [-0.39, 0.29) is 11.7 Å². The van der Waals surface area contributed by atoms with Crippen LogP contribution >= 0.6 is 0 Å². The second-order valence-electron chi connectivity index (χ2n) is 5.75. The van der Waals surface area contributed by atoms with Gasteiger partial charge in [-0.2, -0.15) is 9.19 Å². The van der Waals surface area contributed by atoms with E-state index in [4.69, 9.17) is 0 Å². The zero-order chi connectivity index (χ0) is 18.7. The summed E-state index contributed by atoms with van der Waals surface area (Å²) in [7, 11) is -1.68. The van der Waals surface area contributed by atoms with E-state index in [0.717, 1.165) is 15.3 Å². The molecule has 1 aromatic heterocycles. The van der Waals surface area contributed by atoms with Crippen molar-refractivity contribution < 1.29 is 13.2 Å². The number of carbonyl (C=O) groups excluding carboxylic acids is 1. The highest BCUT2D eigenvalue weighted by Gasteiger charge is 2.15. The number of carbonyl (C=O) groups is 1. The molecule has 0 bridgehead atoms. The van der Waals surface area contributed by atoms with E-state index in [0.29, 0.717) is 11.3 Å². The lowest BCUT2D eigenvalue weighted by Crippen LogP contribution is -2.25. The minimum absolute atomic E-state index is 0.0205. The van der Waals surface area contributed by atoms with Crippen molar-refractivity contribution in [1.82, 2.24) is 9.19 Å². The van der Waals surface area contributed by atoms with Gasteiger partial charge in [0.1, 0.15) is 0 Å². The monoisotopic (exact) mass is 369 g/mol. The van der Waals surface area contributed by atoms with E-state index in [1.54, 1.807) is 49.2 Å². The van der Waals surface area contributed by atoms with Crippen molar-refractivity contribution in [2.75, 3.05) is 17.7 Å². The summed E-state index contributed by atoms with van der Waals surface area (Å²) in [5.74, 6) is -0.144. The number of aromatic nitrogens is 2. The molecular formula is C19H19N3O3S. The molecule has 0 saturated heterocycles. The molecule has 0 radical (unpaired) electrons. The maximum Gasteiger partial charge on any atom is 0.258 e. The Morgan fingerprint density at radius 2 is 1.69 bits per heavy atom. The maximum atomic E-state index is 12.6. The molecule has 134 valence electrons. The van der Waals surface area contributed by atoms with Gasteiger partial charge in [0, 0.05) is 30.1 Å². The van der Waals surface area contributed by atoms with Crippen molar-refractivity contribution >= 4 is 21.6 Å². The van der Waals surface area contributed by atoms with Gasteiger partial charge in [-0.15, -0.1) is 0 Å². The van der Waals surface area contributed by atoms with E-state index in [1.165, 1.54) is 6.20 Å². The molecule has 6 nitrogen and oxygen atoms in total. The van der Waals surface area contributed by atoms with Gasteiger partial charge in [-0.05, 0) is 37.3 Å². The summed E-state index contributed by atoms with van der Waals surface area (Å²) in [4.78, 5) is 14.2. The molecule has 0 unspecified atom stereocenters. The van der Waals surface area contributed by atoms with Crippen LogP contribution in [0, 0.1) is 0 Å². The summed E-state index contributed by atoms with van der Waals surface area (Å²) in [5, 5.41) is 4.11. The van der Waals surface area contributed by atoms with E-state index < -0.39 is 10.0 Å². The number of para-hydroxylation sites is 1. The van der Waals surface area contributed by atoms with Crippen molar-refractivity contribution in [2.45, 2.75) is 6.92 Å². The van der Waals surface area contributed by atoms with Crippen LogP contribution in [-0.2, 0) is 10.0 Å². The lowest BCUT2D eigenvalue weighted by molar-refractivity contribution is 0.0993. The van der Waals surface area contributed by atoms with Crippen LogP contribution in [0.4, 0.5) is 5.69 Å². The summed E-state index contributed by atoms with van der Waals surface area (Å²) < 4.78 is 24.7. The number of nitrogens with zero attached hydrogens (tertiary/aromatic N) is 3. The predicted molar refractivity (Wildman–Crippen MR) is 102 cm³/mol. The number of rotatable bonds is 5. The molecule has 0 N–H and O–H groups in total. The van der Waals surface area contributed by atoms with Gasteiger partial charge in [0.25, 0.3) is 15.9 Å². The minimum Gasteiger partial charge on any atom is -0.311 e. The third-order valence-electron chi connectivity index (χ3n) is 4.09. The number of benzene rings is 2. The molecule has 0 aliphatic rings. The van der Waals surface area contributed by atoms with Crippen molar-refractivity contribution in [3.05, 3.63) is 72.4 Å². The summed E-state index contributed by atoms with van der Waals surface area (Å²) in [6.07, 6.45) is 1.43. The van der Waals surface area contributed by atoms with Gasteiger partial charge in [0.2, 0.25) is 0 Å². The van der Waals surface area contributed by atoms with Gasteiger partial charge in [-0.25, -0.2) is 8.42 Å². The molecule has 0 spiro atoms. The van der Waals surface area contributed by atoms with Gasteiger partial charge in [0.05, 0.1) is 11.4 Å². The van der Waals surface area contributed by atoms with Crippen LogP contribution in [-0.4, -0.2) is 36.3 Å². The Morgan fingerprint density at radius 1 is 1.04 bits per heavy atom. The Morgan fingerprint density at radius 3 is 2.31 bits per heavy atom. The van der Waals surface area contributed by atoms with Gasteiger partial charge >= 0.3 is 0 Å². The first kappa shape index (κ1) is 17.9. The highest BCUT2D eigenvalue weighted by atomic mass is 32.2. The van der Waals surface area contributed by atoms with Gasteiger partial charge < -0.3 is 4.90 Å². The Bertz CT molecular complexity index is 1010. The fraction of sp³-hybridized carbons (Fsp3) is 0.158. The van der Waals surface area contributed by atoms with Gasteiger partial charge in [0.15, 0.2) is 0 Å². The van der Waals surface area contributed by atoms with E-state index in [1.807, 2.05) is 30.3 Å². The van der Waals surface area contributed by atoms with Crippen molar-refractivity contribution in [1.29, 1.82) is 0 Å². The molecular weight excluding hydrogens is 350 g/mol. The van der Waals surface area contributed by atoms with Crippen molar-refractivity contribution in [3.8, 4) is 11.3 Å². The quantitative estimate of drug-likeness (QED) is 0.693. The fourth-order valence-corrected chi connectivity index (χ4v) is 3.22. The molecule has 2 aromatic carbocycles. The summed E-state index contributed by atoms with van der Waals surface area (Å²) in [5.41, 5.74) is 2.64. The topological polar surface area (TPSA) is 72.3 Å². The first-order valence-corrected chi connectivity index (χ1v) is 9.76. The summed E-state index contributed by atoms with van der Waals surface area (Å²) in [6, 6.07) is 18.0. The zero-order valence-electron chi connectivity index (χ0n) is 14.5. The lowest BCUT2D eigenvalue weighted by Gasteiger charge is -2.17. The lowest BCUT2D eigenvalue weighted by atomic mass is 10.1. The third kappa shape index (κ3) is 3.52. The molecule has 0 fully saturated rings. The van der Waals surface area contributed by atoms with Crippen LogP contribution in [0.5, 0.6) is 0 Å². The number of amides is 1. The van der Waals surface area contributed by atoms with Gasteiger partial charge in [-0.3, -0.25) is 4.79 Å². The molecule has 1 amide bonds. The first-order valence-electron chi connectivity index (χ1n) is 8.15. The minimum atomic E-state index is -3.40. The van der Waals surface area contributed by atoms with Crippen LogP contribution < -0.4 is 4.90 Å². The maximum absolute atomic E-state index is 12.6. The van der Waals surface area contributed by atoms with E-state index in [2.05, 4.69) is 5.10 Å². The van der Waals surface area contributed by atoms with Gasteiger partial charge in [-0.1, -0.05) is 30.3 Å². The zero-order valence-corrected chi connectivity index (χ0v) is 15.3. The van der Waals surface area contributed by atoms with Crippen LogP contribution in [0.15, 0.2) is 66.9 Å². The fourth-order valence-electron chi connectivity index (χ4n) is 2.49. The smallest absolute Gasteiger partial charge is 0.258 e. The molecule has 3 rings (SSSR count). The molecule has 7 heteroatoms. The molecule has 0 aliphatic heterocycles. The Balaban J connectivity index is 1.82. The Hall–Kier alpha value is -2.93. The summed E-state index contributed by atoms with van der Waals surface area (Å²) in [6.45, 7) is 1.57. The van der Waals surface area contributed by atoms with Crippen LogP contribution in [0.1, 0.15) is 17.3 Å². The Kier molecular flexibility index (Phi) is 4.90. The molecule has 0 atom stereocenters. The van der Waals surface area contributed by atoms with Crippen LogP contribution in [0.2, 0.25) is 0 Å². The van der Waals surface area contributed by atoms with E-state index in [9.17, 15) is 13.2 Å². The average molecular weight is 369 g/mol. The summed E-state index contributed by atoms with van der Waals surface area (Å²) >= 11 is 0. The molecule has 1 heterocycles. The highest BCUT2D eigenvalue weighted by molar-refractivity contribution is 7.89. The Labute approximate surface area is 152 Å². The highest BCUT2D eigenvalue weighted by Crippen LogP contribution is 2.20. The normalized spacial score (nSPS) is 11.3. The second kappa shape index (κ2) is 7.13.